The average Bonchev–Trinajstić information content (AvgIpc) is 3.07. The molecule has 2 aromatic heterocycles. The summed E-state index contributed by atoms with van der Waals surface area (Å²) in [6.07, 6.45) is 3.10. The minimum atomic E-state index is -1.31. The summed E-state index contributed by atoms with van der Waals surface area (Å²) in [5, 5.41) is 3.98. The predicted octanol–water partition coefficient (Wildman–Crippen LogP) is 4.10. The molecule has 4 rings (SSSR count). The molecule has 3 aromatic rings. The summed E-state index contributed by atoms with van der Waals surface area (Å²) < 4.78 is 44.2. The van der Waals surface area contributed by atoms with Gasteiger partial charge in [-0.1, -0.05) is 18.5 Å². The molecule has 26 heavy (non-hydrogen) atoms. The lowest BCUT2D eigenvalue weighted by atomic mass is 9.98. The third kappa shape index (κ3) is 2.68. The van der Waals surface area contributed by atoms with Crippen molar-refractivity contribution in [2.24, 2.45) is 5.92 Å². The molecule has 0 aliphatic carbocycles. The molecular formula is C17H15ClF3N5. The molecule has 5 nitrogen and oxygen atoms in total. The lowest BCUT2D eigenvalue weighted by Crippen LogP contribution is -2.35. The Hall–Kier alpha value is -2.35. The molecule has 0 bridgehead atoms. The van der Waals surface area contributed by atoms with Crippen molar-refractivity contribution in [3.63, 3.8) is 0 Å². The molecule has 3 heterocycles. The van der Waals surface area contributed by atoms with Crippen LogP contribution in [-0.2, 0) is 0 Å². The molecule has 1 aliphatic rings. The van der Waals surface area contributed by atoms with E-state index in [-0.39, 0.29) is 16.5 Å². The quantitative estimate of drug-likeness (QED) is 0.495. The molecule has 0 amide bonds. The Labute approximate surface area is 152 Å². The smallest absolute Gasteiger partial charge is 0.255 e. The van der Waals surface area contributed by atoms with Crippen LogP contribution >= 0.6 is 11.6 Å². The van der Waals surface area contributed by atoms with Crippen LogP contribution in [0.5, 0.6) is 0 Å². The molecule has 9 heteroatoms. The summed E-state index contributed by atoms with van der Waals surface area (Å²) in [4.78, 5) is 10.0. The maximum atomic E-state index is 14.5. The van der Waals surface area contributed by atoms with Crippen LogP contribution in [0.1, 0.15) is 19.8 Å². The fourth-order valence-corrected chi connectivity index (χ4v) is 3.54. The highest BCUT2D eigenvalue weighted by Gasteiger charge is 2.29. The van der Waals surface area contributed by atoms with Gasteiger partial charge in [-0.2, -0.15) is 19.6 Å². The molecule has 0 radical (unpaired) electrons. The summed E-state index contributed by atoms with van der Waals surface area (Å²) in [5.74, 6) is -2.26. The first kappa shape index (κ1) is 17.1. The number of anilines is 1. The van der Waals surface area contributed by atoms with Gasteiger partial charge in [-0.05, 0) is 30.9 Å². The van der Waals surface area contributed by atoms with Crippen LogP contribution in [-0.4, -0.2) is 32.7 Å². The number of halogens is 4. The van der Waals surface area contributed by atoms with E-state index in [0.717, 1.165) is 25.0 Å². The van der Waals surface area contributed by atoms with E-state index in [2.05, 4.69) is 22.0 Å². The van der Waals surface area contributed by atoms with Crippen molar-refractivity contribution in [1.29, 1.82) is 0 Å². The molecule has 0 atom stereocenters. The molecule has 0 saturated carbocycles. The van der Waals surface area contributed by atoms with Crippen molar-refractivity contribution in [2.45, 2.75) is 19.8 Å². The Bertz CT molecular complexity index is 982. The number of benzene rings is 1. The van der Waals surface area contributed by atoms with E-state index in [0.29, 0.717) is 24.8 Å². The van der Waals surface area contributed by atoms with Gasteiger partial charge in [-0.3, -0.25) is 0 Å². The summed E-state index contributed by atoms with van der Waals surface area (Å²) >= 11 is 6.27. The summed E-state index contributed by atoms with van der Waals surface area (Å²) in [7, 11) is 0. The van der Waals surface area contributed by atoms with Crippen molar-refractivity contribution in [3.05, 3.63) is 41.1 Å². The minimum Gasteiger partial charge on any atom is -0.356 e. The number of hydrogen-bond donors (Lipinski definition) is 0. The van der Waals surface area contributed by atoms with Crippen molar-refractivity contribution in [3.8, 4) is 11.1 Å². The zero-order chi connectivity index (χ0) is 18.4. The number of nitrogens with zero attached hydrogens (tertiary/aromatic N) is 5. The first-order valence-corrected chi connectivity index (χ1v) is 8.63. The van der Waals surface area contributed by atoms with E-state index < -0.39 is 23.0 Å². The van der Waals surface area contributed by atoms with Gasteiger partial charge in [-0.15, -0.1) is 0 Å². The first-order chi connectivity index (χ1) is 12.5. The zero-order valence-corrected chi connectivity index (χ0v) is 14.6. The van der Waals surface area contributed by atoms with Gasteiger partial charge in [0, 0.05) is 13.1 Å². The third-order valence-electron chi connectivity index (χ3n) is 4.74. The SMILES string of the molecule is CC1CCN(c2c(-c3c(F)ccc(F)c3F)c(Cl)nc3ncnn23)CC1. The normalized spacial score (nSPS) is 15.8. The van der Waals surface area contributed by atoms with E-state index in [4.69, 9.17) is 11.6 Å². The standard InChI is InChI=1S/C17H15ClF3N5/c1-9-4-6-25(7-5-9)16-13(12-10(19)2-3-11(20)14(12)21)15(18)24-17-22-8-23-26(16)17/h2-3,8-9H,4-7H2,1H3. The van der Waals surface area contributed by atoms with Crippen LogP contribution in [0.3, 0.4) is 0 Å². The van der Waals surface area contributed by atoms with Gasteiger partial charge in [-0.25, -0.2) is 13.2 Å². The Morgan fingerprint density at radius 3 is 2.50 bits per heavy atom. The number of aromatic nitrogens is 4. The van der Waals surface area contributed by atoms with Crippen LogP contribution in [0.15, 0.2) is 18.5 Å². The molecule has 0 N–H and O–H groups in total. The second-order valence-corrected chi connectivity index (χ2v) is 6.82. The monoisotopic (exact) mass is 381 g/mol. The van der Waals surface area contributed by atoms with E-state index in [1.807, 2.05) is 4.90 Å². The van der Waals surface area contributed by atoms with Crippen LogP contribution < -0.4 is 4.90 Å². The van der Waals surface area contributed by atoms with Gasteiger partial charge < -0.3 is 4.90 Å². The maximum absolute atomic E-state index is 14.5. The van der Waals surface area contributed by atoms with Crippen molar-refractivity contribution < 1.29 is 13.2 Å². The van der Waals surface area contributed by atoms with Gasteiger partial charge in [0.2, 0.25) is 0 Å². The van der Waals surface area contributed by atoms with Crippen molar-refractivity contribution in [2.75, 3.05) is 18.0 Å². The van der Waals surface area contributed by atoms with Crippen LogP contribution in [0.25, 0.3) is 16.9 Å². The van der Waals surface area contributed by atoms with Gasteiger partial charge >= 0.3 is 0 Å². The Balaban J connectivity index is 2.02. The van der Waals surface area contributed by atoms with Crippen molar-refractivity contribution >= 4 is 23.2 Å². The van der Waals surface area contributed by atoms with Crippen LogP contribution in [0.2, 0.25) is 5.15 Å². The van der Waals surface area contributed by atoms with E-state index >= 15 is 0 Å². The fraction of sp³-hybridized carbons (Fsp3) is 0.353. The molecule has 0 spiro atoms. The lowest BCUT2D eigenvalue weighted by molar-refractivity contribution is 0.435. The molecule has 1 fully saturated rings. The molecule has 136 valence electrons. The summed E-state index contributed by atoms with van der Waals surface area (Å²) in [6.45, 7) is 3.46. The largest absolute Gasteiger partial charge is 0.356 e. The summed E-state index contributed by atoms with van der Waals surface area (Å²) in [6, 6.07) is 1.61. The second kappa shape index (κ2) is 6.42. The second-order valence-electron chi connectivity index (χ2n) is 6.46. The average molecular weight is 382 g/mol. The summed E-state index contributed by atoms with van der Waals surface area (Å²) in [5.41, 5.74) is -0.567. The highest BCUT2D eigenvalue weighted by molar-refractivity contribution is 6.33. The zero-order valence-electron chi connectivity index (χ0n) is 13.9. The highest BCUT2D eigenvalue weighted by Crippen LogP contribution is 2.40. The van der Waals surface area contributed by atoms with E-state index in [1.54, 1.807) is 0 Å². The van der Waals surface area contributed by atoms with Crippen LogP contribution in [0.4, 0.5) is 19.0 Å². The number of rotatable bonds is 2. The molecule has 1 saturated heterocycles. The molecular weight excluding hydrogens is 367 g/mol. The molecule has 1 aliphatic heterocycles. The van der Waals surface area contributed by atoms with Gasteiger partial charge in [0.05, 0.1) is 11.1 Å². The van der Waals surface area contributed by atoms with E-state index in [9.17, 15) is 13.2 Å². The molecule has 0 unspecified atom stereocenters. The maximum Gasteiger partial charge on any atom is 0.255 e. The topological polar surface area (TPSA) is 46.3 Å². The van der Waals surface area contributed by atoms with Crippen LogP contribution in [0, 0.1) is 23.4 Å². The number of hydrogen-bond acceptors (Lipinski definition) is 4. The Morgan fingerprint density at radius 2 is 1.77 bits per heavy atom. The number of fused-ring (bicyclic) bond motifs is 1. The van der Waals surface area contributed by atoms with Gasteiger partial charge in [0.1, 0.15) is 23.1 Å². The van der Waals surface area contributed by atoms with E-state index in [1.165, 1.54) is 10.8 Å². The minimum absolute atomic E-state index is 0.0197. The third-order valence-corrected chi connectivity index (χ3v) is 5.01. The Kier molecular flexibility index (Phi) is 4.22. The number of piperidine rings is 1. The van der Waals surface area contributed by atoms with Crippen molar-refractivity contribution in [1.82, 2.24) is 19.6 Å². The molecule has 1 aromatic carbocycles. The Morgan fingerprint density at radius 1 is 1.08 bits per heavy atom. The fourth-order valence-electron chi connectivity index (χ4n) is 3.29. The van der Waals surface area contributed by atoms with Gasteiger partial charge in [0.25, 0.3) is 5.78 Å². The first-order valence-electron chi connectivity index (χ1n) is 8.25. The van der Waals surface area contributed by atoms with Gasteiger partial charge in [0.15, 0.2) is 11.6 Å². The predicted molar refractivity (Wildman–Crippen MR) is 91.7 cm³/mol. The highest BCUT2D eigenvalue weighted by atomic mass is 35.5. The lowest BCUT2D eigenvalue weighted by Gasteiger charge is -2.33.